The third-order valence-corrected chi connectivity index (χ3v) is 10.9. The van der Waals surface area contributed by atoms with E-state index in [1.165, 1.54) is 24.3 Å². The summed E-state index contributed by atoms with van der Waals surface area (Å²) in [7, 11) is 0. The number of anilines is 5. The molecule has 5 aromatic carbocycles. The van der Waals surface area contributed by atoms with E-state index in [2.05, 4.69) is 48.5 Å². The number of phenols is 2. The van der Waals surface area contributed by atoms with Crippen molar-refractivity contribution in [1.82, 2.24) is 21.6 Å². The third-order valence-electron chi connectivity index (χ3n) is 10.9. The number of nitrogens with one attached hydrogen (secondary N) is 9. The van der Waals surface area contributed by atoms with E-state index < -0.39 is 23.6 Å². The summed E-state index contributed by atoms with van der Waals surface area (Å²) < 4.78 is 12.8. The topological polar surface area (TPSA) is 283 Å². The smallest absolute Gasteiger partial charge is 0.327 e. The van der Waals surface area contributed by atoms with Gasteiger partial charge in [0.15, 0.2) is 12.4 Å². The average molecular weight is 1010 g/mol. The molecule has 6 amide bonds. The molecule has 0 aliphatic carbocycles. The number of phenolic OH excluding ortho intramolecular Hbond substituents is 2. The Morgan fingerprint density at radius 2 is 1.14 bits per heavy atom. The molecule has 21 nitrogen and oxygen atoms in total. The number of hydroxylamine groups is 1. The third kappa shape index (κ3) is 16.9. The normalized spacial score (nSPS) is 10.7. The van der Waals surface area contributed by atoms with Gasteiger partial charge in [-0.1, -0.05) is 36.4 Å². The van der Waals surface area contributed by atoms with E-state index in [0.29, 0.717) is 61.2 Å². The number of amides is 6. The fourth-order valence-electron chi connectivity index (χ4n) is 7.02. The standard InChI is InChI=1S/C53H58N10O11/c1-33-10-14-44(46(64)25-33)57-50(68)52(70)61-59-42-16-12-39(27-35(42)3)38-8-5-7-37(29-38)32-74-55-19-22-73-24-23-72-21-18-54-49(67)40-9-6-20-63(30-40)31-48(66)56-41-13-17-43(36(4)28-41)60-62-53(71)51(69)58-45-15-11-34(2)26-47(45)65/h5-17,20,25-30,55H,18-19,21-24,31-32H2,1-4H3,(H9-,54,56,57,58,59,60,61,62,64,65,66,67,68,69,70,71)/p+1. The fourth-order valence-corrected chi connectivity index (χ4v) is 7.02. The van der Waals surface area contributed by atoms with Crippen molar-refractivity contribution >= 4 is 63.9 Å². The number of aromatic nitrogens is 1. The Kier molecular flexibility index (Phi) is 19.9. The summed E-state index contributed by atoms with van der Waals surface area (Å²) in [5, 5.41) is 30.4. The highest BCUT2D eigenvalue weighted by atomic mass is 16.6. The molecule has 0 saturated heterocycles. The van der Waals surface area contributed by atoms with Crippen molar-refractivity contribution in [3.63, 3.8) is 0 Å². The number of hydrogen-bond acceptors (Lipinski definition) is 14. The first-order chi connectivity index (χ1) is 35.6. The lowest BCUT2D eigenvalue weighted by Gasteiger charge is -2.13. The van der Waals surface area contributed by atoms with Crippen LogP contribution in [0.5, 0.6) is 11.5 Å². The molecule has 0 fully saturated rings. The largest absolute Gasteiger partial charge is 0.506 e. The minimum Gasteiger partial charge on any atom is -0.506 e. The SMILES string of the molecule is Cc1ccc(NC(=O)C(=O)NNc2ccc(NC(=O)C[n+]3cccc(C(=O)NCCOCCOCCNOCc4cccc(-c5ccc(NNC(=O)C(=O)Nc6ccc(C)cc6O)c(C)c5)c4)c3)cc2C)c(O)c1. The number of carbonyl (C=O) groups is 6. The van der Waals surface area contributed by atoms with Crippen LogP contribution in [0.3, 0.4) is 0 Å². The van der Waals surface area contributed by atoms with Gasteiger partial charge in [-0.2, -0.15) is 10.0 Å². The van der Waals surface area contributed by atoms with Crippen LogP contribution in [0, 0.1) is 27.7 Å². The Morgan fingerprint density at radius 3 is 1.74 bits per heavy atom. The van der Waals surface area contributed by atoms with Gasteiger partial charge in [0.2, 0.25) is 6.54 Å². The van der Waals surface area contributed by atoms with E-state index >= 15 is 0 Å². The van der Waals surface area contributed by atoms with Gasteiger partial charge in [0.1, 0.15) is 17.1 Å². The molecule has 0 bridgehead atoms. The van der Waals surface area contributed by atoms with Gasteiger partial charge in [-0.15, -0.1) is 0 Å². The second-order valence-electron chi connectivity index (χ2n) is 16.8. The van der Waals surface area contributed by atoms with E-state index in [0.717, 1.165) is 33.4 Å². The highest BCUT2D eigenvalue weighted by Crippen LogP contribution is 2.27. The highest BCUT2D eigenvalue weighted by Gasteiger charge is 2.19. The van der Waals surface area contributed by atoms with E-state index in [1.54, 1.807) is 86.3 Å². The fraction of sp³-hybridized carbons (Fsp3) is 0.226. The molecule has 1 aromatic heterocycles. The molecule has 0 radical (unpaired) electrons. The lowest BCUT2D eigenvalue weighted by atomic mass is 10.0. The summed E-state index contributed by atoms with van der Waals surface area (Å²) in [5.41, 5.74) is 21.1. The molecule has 6 rings (SSSR count). The van der Waals surface area contributed by atoms with Gasteiger partial charge in [-0.05, 0) is 133 Å². The van der Waals surface area contributed by atoms with Gasteiger partial charge >= 0.3 is 23.6 Å². The number of benzene rings is 5. The van der Waals surface area contributed by atoms with Crippen molar-refractivity contribution < 1.29 is 57.9 Å². The maximum absolute atomic E-state index is 12.9. The molecule has 1 heterocycles. The summed E-state index contributed by atoms with van der Waals surface area (Å²) in [6.07, 6.45) is 3.23. The van der Waals surface area contributed by atoms with Crippen LogP contribution in [0.1, 0.15) is 38.2 Å². The lowest BCUT2D eigenvalue weighted by Crippen LogP contribution is -2.41. The molecule has 0 aliphatic heterocycles. The van der Waals surface area contributed by atoms with Crippen LogP contribution >= 0.6 is 0 Å². The van der Waals surface area contributed by atoms with Gasteiger partial charge in [-0.3, -0.25) is 55.3 Å². The van der Waals surface area contributed by atoms with Gasteiger partial charge in [0.25, 0.3) is 11.8 Å². The van der Waals surface area contributed by atoms with Gasteiger partial charge in [0.05, 0.1) is 55.8 Å². The van der Waals surface area contributed by atoms with E-state index in [-0.39, 0.29) is 54.4 Å². The number of aromatic hydroxyl groups is 2. The number of ether oxygens (including phenoxy) is 2. The number of rotatable bonds is 23. The maximum atomic E-state index is 12.9. The quantitative estimate of drug-likeness (QED) is 0.0138. The van der Waals surface area contributed by atoms with Gasteiger partial charge in [-0.25, -0.2) is 0 Å². The molecule has 0 saturated carbocycles. The van der Waals surface area contributed by atoms with Crippen LogP contribution in [0.2, 0.25) is 0 Å². The van der Waals surface area contributed by atoms with E-state index in [4.69, 9.17) is 14.3 Å². The van der Waals surface area contributed by atoms with Gasteiger partial charge < -0.3 is 41.0 Å². The zero-order chi connectivity index (χ0) is 53.0. The minimum absolute atomic E-state index is 0.0711. The van der Waals surface area contributed by atoms with E-state index in [9.17, 15) is 39.0 Å². The van der Waals surface area contributed by atoms with Crippen molar-refractivity contribution in [2.45, 2.75) is 40.8 Å². The van der Waals surface area contributed by atoms with Crippen LogP contribution in [0.15, 0.2) is 122 Å². The number of pyridine rings is 1. The Balaban J connectivity index is 0.797. The summed E-state index contributed by atoms with van der Waals surface area (Å²) >= 11 is 0. The summed E-state index contributed by atoms with van der Waals surface area (Å²) in [6, 6.07) is 31.1. The predicted octanol–water partition coefficient (Wildman–Crippen LogP) is 4.57. The van der Waals surface area contributed by atoms with Crippen LogP contribution in [0.25, 0.3) is 11.1 Å². The summed E-state index contributed by atoms with van der Waals surface area (Å²) in [4.78, 5) is 80.7. The molecule has 74 heavy (non-hydrogen) atoms. The Morgan fingerprint density at radius 1 is 0.554 bits per heavy atom. The van der Waals surface area contributed by atoms with Gasteiger partial charge in [0, 0.05) is 24.8 Å². The molecule has 0 aliphatic rings. The van der Waals surface area contributed by atoms with Crippen molar-refractivity contribution in [2.75, 3.05) is 66.3 Å². The average Bonchev–Trinajstić information content (AvgIpc) is 3.37. The molecule has 11 N–H and O–H groups in total. The lowest BCUT2D eigenvalue weighted by molar-refractivity contribution is -0.684. The molecular weight excluding hydrogens is 953 g/mol. The van der Waals surface area contributed by atoms with Crippen molar-refractivity contribution in [3.8, 4) is 22.6 Å². The number of hydrogen-bond donors (Lipinski definition) is 11. The van der Waals surface area contributed by atoms with Crippen LogP contribution in [-0.2, 0) is 51.4 Å². The monoisotopic (exact) mass is 1010 g/mol. The number of carbonyl (C=O) groups excluding carboxylic acids is 6. The Bertz CT molecular complexity index is 2990. The van der Waals surface area contributed by atoms with Crippen molar-refractivity contribution in [2.24, 2.45) is 0 Å². The second kappa shape index (κ2) is 27.1. The molecule has 386 valence electrons. The predicted molar refractivity (Wildman–Crippen MR) is 276 cm³/mol. The molecular formula is C53H59N10O11+. The van der Waals surface area contributed by atoms with Crippen molar-refractivity contribution in [1.29, 1.82) is 0 Å². The summed E-state index contributed by atoms with van der Waals surface area (Å²) in [5.74, 6) is -4.80. The maximum Gasteiger partial charge on any atom is 0.327 e. The van der Waals surface area contributed by atoms with Crippen LogP contribution in [0.4, 0.5) is 28.4 Å². The zero-order valence-electron chi connectivity index (χ0n) is 41.2. The number of hydrazine groups is 2. The van der Waals surface area contributed by atoms with E-state index in [1.807, 2.05) is 43.3 Å². The van der Waals surface area contributed by atoms with Crippen LogP contribution < -0.4 is 53.0 Å². The zero-order valence-corrected chi connectivity index (χ0v) is 41.2. The first-order valence-corrected chi connectivity index (χ1v) is 23.3. The summed E-state index contributed by atoms with van der Waals surface area (Å²) in [6.45, 7) is 9.44. The molecule has 0 unspecified atom stereocenters. The number of nitrogens with zero attached hydrogens (tertiary/aromatic N) is 1. The minimum atomic E-state index is -0.982. The Labute approximate surface area is 426 Å². The molecule has 0 spiro atoms. The highest BCUT2D eigenvalue weighted by molar-refractivity contribution is 6.40. The van der Waals surface area contributed by atoms with Crippen LogP contribution in [-0.4, -0.2) is 85.2 Å². The molecule has 6 aromatic rings. The second-order valence-corrected chi connectivity index (χ2v) is 16.8. The first kappa shape index (κ1) is 54.4. The Hall–Kier alpha value is -8.89. The first-order valence-electron chi connectivity index (χ1n) is 23.3. The molecule has 21 heteroatoms. The number of aryl methyl sites for hydroxylation is 4. The van der Waals surface area contributed by atoms with Crippen molar-refractivity contribution in [3.05, 3.63) is 155 Å². The molecule has 0 atom stereocenters.